The van der Waals surface area contributed by atoms with E-state index >= 15 is 0 Å². The van der Waals surface area contributed by atoms with E-state index in [-0.39, 0.29) is 11.4 Å². The first-order valence-electron chi connectivity index (χ1n) is 5.80. The van der Waals surface area contributed by atoms with E-state index < -0.39 is 4.92 Å². The molecule has 2 aromatic rings. The fourth-order valence-corrected chi connectivity index (χ4v) is 2.05. The average Bonchev–Trinajstić information content (AvgIpc) is 2.48. The third-order valence-electron chi connectivity index (χ3n) is 2.66. The van der Waals surface area contributed by atoms with Crippen molar-refractivity contribution in [1.29, 1.82) is 0 Å². The minimum Gasteiger partial charge on any atom is -0.493 e. The molecular weight excluding hydrogens is 326 g/mol. The van der Waals surface area contributed by atoms with Gasteiger partial charge in [0.15, 0.2) is 11.5 Å². The Kier molecular flexibility index (Phi) is 4.57. The normalized spacial score (nSPS) is 10.1. The highest BCUT2D eigenvalue weighted by Crippen LogP contribution is 2.36. The van der Waals surface area contributed by atoms with Gasteiger partial charge in [0.1, 0.15) is 0 Å². The second-order valence-corrected chi connectivity index (χ2v) is 4.51. The topological polar surface area (TPSA) is 61.6 Å². The number of para-hydroxylation sites is 2. The third-order valence-corrected chi connectivity index (χ3v) is 3.31. The molecule has 0 unspecified atom stereocenters. The highest BCUT2D eigenvalue weighted by molar-refractivity contribution is 9.08. The van der Waals surface area contributed by atoms with Crippen molar-refractivity contribution in [2.24, 2.45) is 0 Å². The van der Waals surface area contributed by atoms with Crippen LogP contribution in [0, 0.1) is 10.1 Å². The number of ether oxygens (including phenoxy) is 2. The molecule has 0 atom stereocenters. The Labute approximate surface area is 124 Å². The maximum absolute atomic E-state index is 11.1. The summed E-state index contributed by atoms with van der Waals surface area (Å²) in [4.78, 5) is 10.7. The van der Waals surface area contributed by atoms with Gasteiger partial charge in [0.2, 0.25) is 5.75 Å². The molecule has 20 heavy (non-hydrogen) atoms. The molecule has 0 spiro atoms. The maximum atomic E-state index is 11.1. The van der Waals surface area contributed by atoms with Crippen LogP contribution in [0.2, 0.25) is 0 Å². The summed E-state index contributed by atoms with van der Waals surface area (Å²) in [5, 5.41) is 11.7. The molecule has 0 N–H and O–H groups in total. The number of hydrogen-bond donors (Lipinski definition) is 0. The average molecular weight is 338 g/mol. The van der Waals surface area contributed by atoms with Gasteiger partial charge in [-0.25, -0.2) is 0 Å². The molecule has 2 aromatic carbocycles. The van der Waals surface area contributed by atoms with Crippen LogP contribution in [-0.4, -0.2) is 12.0 Å². The summed E-state index contributed by atoms with van der Waals surface area (Å²) >= 11 is 3.27. The molecule has 0 fully saturated rings. The van der Waals surface area contributed by atoms with E-state index in [0.29, 0.717) is 16.8 Å². The zero-order valence-electron chi connectivity index (χ0n) is 10.7. The van der Waals surface area contributed by atoms with Crippen molar-refractivity contribution in [1.82, 2.24) is 0 Å². The highest BCUT2D eigenvalue weighted by Gasteiger charge is 2.17. The summed E-state index contributed by atoms with van der Waals surface area (Å²) in [6.07, 6.45) is 0. The van der Waals surface area contributed by atoms with Crippen LogP contribution in [0.1, 0.15) is 5.56 Å². The molecule has 0 heterocycles. The van der Waals surface area contributed by atoms with Crippen molar-refractivity contribution in [3.8, 4) is 17.2 Å². The van der Waals surface area contributed by atoms with Gasteiger partial charge in [0.05, 0.1) is 12.0 Å². The lowest BCUT2D eigenvalue weighted by Gasteiger charge is -2.10. The van der Waals surface area contributed by atoms with Gasteiger partial charge in [0, 0.05) is 11.4 Å². The molecule has 104 valence electrons. The van der Waals surface area contributed by atoms with Gasteiger partial charge in [-0.1, -0.05) is 34.1 Å². The van der Waals surface area contributed by atoms with E-state index in [9.17, 15) is 10.1 Å². The van der Waals surface area contributed by atoms with E-state index in [4.69, 9.17) is 9.47 Å². The molecule has 0 saturated heterocycles. The predicted octanol–water partition coefficient (Wildman–Crippen LogP) is 4.29. The van der Waals surface area contributed by atoms with Gasteiger partial charge in [-0.3, -0.25) is 10.1 Å². The van der Waals surface area contributed by atoms with Crippen LogP contribution in [-0.2, 0) is 5.33 Å². The van der Waals surface area contributed by atoms with Crippen molar-refractivity contribution in [3.63, 3.8) is 0 Å². The SMILES string of the molecule is COc1ccccc1Oc1ccc(CBr)cc1[N+](=O)[O-]. The monoisotopic (exact) mass is 337 g/mol. The highest BCUT2D eigenvalue weighted by atomic mass is 79.9. The van der Waals surface area contributed by atoms with Gasteiger partial charge in [0.25, 0.3) is 0 Å². The molecule has 5 nitrogen and oxygen atoms in total. The molecule has 0 amide bonds. The summed E-state index contributed by atoms with van der Waals surface area (Å²) < 4.78 is 10.8. The molecule has 0 aliphatic carbocycles. The first-order chi connectivity index (χ1) is 9.65. The van der Waals surface area contributed by atoms with Crippen LogP contribution < -0.4 is 9.47 Å². The number of alkyl halides is 1. The minimum absolute atomic E-state index is 0.0761. The van der Waals surface area contributed by atoms with Crippen LogP contribution >= 0.6 is 15.9 Å². The van der Waals surface area contributed by atoms with Crippen molar-refractivity contribution in [2.75, 3.05) is 7.11 Å². The molecule has 2 rings (SSSR count). The lowest BCUT2D eigenvalue weighted by molar-refractivity contribution is -0.385. The summed E-state index contributed by atoms with van der Waals surface area (Å²) in [5.74, 6) is 1.14. The van der Waals surface area contributed by atoms with Gasteiger partial charge in [-0.2, -0.15) is 0 Å². The first kappa shape index (κ1) is 14.3. The molecule has 0 aromatic heterocycles. The first-order valence-corrected chi connectivity index (χ1v) is 6.92. The van der Waals surface area contributed by atoms with E-state index in [1.165, 1.54) is 13.2 Å². The molecule has 0 aliphatic heterocycles. The van der Waals surface area contributed by atoms with Crippen LogP contribution in [0.25, 0.3) is 0 Å². The number of nitro benzene ring substituents is 1. The molecule has 0 radical (unpaired) electrons. The molecular formula is C14H12BrNO4. The largest absolute Gasteiger partial charge is 0.493 e. The van der Waals surface area contributed by atoms with Crippen molar-refractivity contribution < 1.29 is 14.4 Å². The van der Waals surface area contributed by atoms with Crippen molar-refractivity contribution in [3.05, 3.63) is 58.1 Å². The van der Waals surface area contributed by atoms with E-state index in [0.717, 1.165) is 5.56 Å². The zero-order valence-corrected chi connectivity index (χ0v) is 12.3. The zero-order chi connectivity index (χ0) is 14.5. The number of methoxy groups -OCH3 is 1. The molecule has 0 aliphatic rings. The van der Waals surface area contributed by atoms with Gasteiger partial charge in [-0.15, -0.1) is 0 Å². The lowest BCUT2D eigenvalue weighted by Crippen LogP contribution is -1.96. The number of halogens is 1. The Morgan fingerprint density at radius 3 is 2.45 bits per heavy atom. The standard InChI is InChI=1S/C14H12BrNO4/c1-19-13-4-2-3-5-14(13)20-12-7-6-10(9-15)8-11(12)16(17)18/h2-8H,9H2,1H3. The minimum atomic E-state index is -0.461. The summed E-state index contributed by atoms with van der Waals surface area (Å²) in [6, 6.07) is 11.8. The smallest absolute Gasteiger partial charge is 0.311 e. The summed E-state index contributed by atoms with van der Waals surface area (Å²) in [6.45, 7) is 0. The van der Waals surface area contributed by atoms with Gasteiger partial charge < -0.3 is 9.47 Å². The Bertz CT molecular complexity index is 630. The number of hydrogen-bond acceptors (Lipinski definition) is 4. The molecule has 6 heteroatoms. The fourth-order valence-electron chi connectivity index (χ4n) is 1.70. The number of nitrogens with zero attached hydrogens (tertiary/aromatic N) is 1. The predicted molar refractivity (Wildman–Crippen MR) is 78.8 cm³/mol. The van der Waals surface area contributed by atoms with Gasteiger partial charge >= 0.3 is 5.69 Å². The molecule has 0 saturated carbocycles. The Morgan fingerprint density at radius 2 is 1.85 bits per heavy atom. The number of nitro groups is 1. The number of rotatable bonds is 5. The Hall–Kier alpha value is -2.08. The Morgan fingerprint density at radius 1 is 1.15 bits per heavy atom. The van der Waals surface area contributed by atoms with Crippen LogP contribution in [0.4, 0.5) is 5.69 Å². The van der Waals surface area contributed by atoms with E-state index in [1.807, 2.05) is 0 Å². The van der Waals surface area contributed by atoms with Crippen LogP contribution in [0.15, 0.2) is 42.5 Å². The third kappa shape index (κ3) is 3.08. The van der Waals surface area contributed by atoms with Crippen LogP contribution in [0.5, 0.6) is 17.2 Å². The van der Waals surface area contributed by atoms with Crippen molar-refractivity contribution >= 4 is 21.6 Å². The fraction of sp³-hybridized carbons (Fsp3) is 0.143. The quantitative estimate of drug-likeness (QED) is 0.463. The second-order valence-electron chi connectivity index (χ2n) is 3.95. The maximum Gasteiger partial charge on any atom is 0.311 e. The van der Waals surface area contributed by atoms with Crippen LogP contribution in [0.3, 0.4) is 0 Å². The Balaban J connectivity index is 2.40. The van der Waals surface area contributed by atoms with Gasteiger partial charge in [-0.05, 0) is 23.8 Å². The summed E-state index contributed by atoms with van der Waals surface area (Å²) in [7, 11) is 1.52. The number of benzene rings is 2. The van der Waals surface area contributed by atoms with Crippen molar-refractivity contribution in [2.45, 2.75) is 5.33 Å². The van der Waals surface area contributed by atoms with E-state index in [2.05, 4.69) is 15.9 Å². The summed E-state index contributed by atoms with van der Waals surface area (Å²) in [5.41, 5.74) is 0.733. The van der Waals surface area contributed by atoms with E-state index in [1.54, 1.807) is 36.4 Å². The molecule has 0 bridgehead atoms. The lowest BCUT2D eigenvalue weighted by atomic mass is 10.2. The second kappa shape index (κ2) is 6.38.